The molecule has 1 rings (SSSR count). The summed E-state index contributed by atoms with van der Waals surface area (Å²) in [5.41, 5.74) is -1.07. The maximum Gasteiger partial charge on any atom is 0.416 e. The number of aliphatic hydroxyl groups is 1. The Morgan fingerprint density at radius 1 is 1.33 bits per heavy atom. The summed E-state index contributed by atoms with van der Waals surface area (Å²) in [7, 11) is 0. The van der Waals surface area contributed by atoms with E-state index in [2.05, 4.69) is 15.9 Å². The lowest BCUT2D eigenvalue weighted by Gasteiger charge is -2.13. The molecule has 0 radical (unpaired) electrons. The molecule has 15 heavy (non-hydrogen) atoms. The molecule has 0 aliphatic rings. The molecule has 1 aromatic rings. The van der Waals surface area contributed by atoms with Gasteiger partial charge in [-0.15, -0.1) is 0 Å². The average molecular weight is 285 g/mol. The number of rotatable bonds is 1. The van der Waals surface area contributed by atoms with Gasteiger partial charge in [-0.3, -0.25) is 0 Å². The largest absolute Gasteiger partial charge is 0.506 e. The second kappa shape index (κ2) is 4.02. The van der Waals surface area contributed by atoms with Crippen LogP contribution in [0.25, 0.3) is 0 Å². The van der Waals surface area contributed by atoms with Gasteiger partial charge < -0.3 is 10.2 Å². The molecular weight excluding hydrogens is 277 g/mol. The summed E-state index contributed by atoms with van der Waals surface area (Å²) in [6.07, 6.45) is -5.66. The number of hydrogen-bond acceptors (Lipinski definition) is 2. The lowest BCUT2D eigenvalue weighted by molar-refractivity contribution is -0.137. The predicted octanol–water partition coefficient (Wildman–Crippen LogP) is 3.23. The fraction of sp³-hybridized carbons (Fsp3) is 0.333. The van der Waals surface area contributed by atoms with Crippen LogP contribution in [0.5, 0.6) is 5.75 Å². The Morgan fingerprint density at radius 3 is 2.27 bits per heavy atom. The van der Waals surface area contributed by atoms with Crippen LogP contribution in [0.4, 0.5) is 13.2 Å². The second-order valence-electron chi connectivity index (χ2n) is 3.07. The van der Waals surface area contributed by atoms with Crippen molar-refractivity contribution < 1.29 is 23.4 Å². The minimum atomic E-state index is -4.50. The number of alkyl halides is 3. The molecule has 0 aliphatic heterocycles. The molecule has 0 aliphatic carbocycles. The van der Waals surface area contributed by atoms with E-state index >= 15 is 0 Å². The molecule has 1 aromatic carbocycles. The Balaban J connectivity index is 3.36. The maximum absolute atomic E-state index is 12.4. The third kappa shape index (κ3) is 2.63. The number of halogens is 4. The molecule has 1 atom stereocenters. The standard InChI is InChI=1S/C9H8BrF3O2/c1-4(14)6-2-5(9(11,12)13)3-7(10)8(6)15/h2-4,14-15H,1H3. The average Bonchev–Trinajstić information content (AvgIpc) is 2.06. The zero-order valence-electron chi connectivity index (χ0n) is 7.64. The zero-order chi connectivity index (χ0) is 11.8. The lowest BCUT2D eigenvalue weighted by atomic mass is 10.1. The fourth-order valence-corrected chi connectivity index (χ4v) is 1.58. The molecule has 0 fully saturated rings. The SMILES string of the molecule is CC(O)c1cc(C(F)(F)F)cc(Br)c1O. The van der Waals surface area contributed by atoms with Gasteiger partial charge in [0, 0.05) is 5.56 Å². The molecular formula is C9H8BrF3O2. The fourth-order valence-electron chi connectivity index (χ4n) is 1.10. The van der Waals surface area contributed by atoms with E-state index in [1.54, 1.807) is 0 Å². The molecule has 1 unspecified atom stereocenters. The predicted molar refractivity (Wildman–Crippen MR) is 51.4 cm³/mol. The third-order valence-corrected chi connectivity index (χ3v) is 2.47. The molecule has 84 valence electrons. The summed E-state index contributed by atoms with van der Waals surface area (Å²) >= 11 is 2.80. The van der Waals surface area contributed by atoms with Crippen molar-refractivity contribution in [2.24, 2.45) is 0 Å². The van der Waals surface area contributed by atoms with Crippen molar-refractivity contribution in [3.8, 4) is 5.75 Å². The Morgan fingerprint density at radius 2 is 1.87 bits per heavy atom. The van der Waals surface area contributed by atoms with Crippen LogP contribution in [0.2, 0.25) is 0 Å². The van der Waals surface area contributed by atoms with Crippen LogP contribution in [-0.2, 0) is 6.18 Å². The van der Waals surface area contributed by atoms with Gasteiger partial charge in [0.1, 0.15) is 5.75 Å². The molecule has 0 heterocycles. The highest BCUT2D eigenvalue weighted by atomic mass is 79.9. The van der Waals surface area contributed by atoms with Gasteiger partial charge in [0.15, 0.2) is 0 Å². The molecule has 0 aromatic heterocycles. The maximum atomic E-state index is 12.4. The van der Waals surface area contributed by atoms with Crippen LogP contribution >= 0.6 is 15.9 Å². The van der Waals surface area contributed by atoms with Gasteiger partial charge in [-0.25, -0.2) is 0 Å². The van der Waals surface area contributed by atoms with E-state index in [0.717, 1.165) is 12.1 Å². The van der Waals surface area contributed by atoms with E-state index in [1.165, 1.54) is 6.92 Å². The molecule has 0 saturated carbocycles. The highest BCUT2D eigenvalue weighted by Gasteiger charge is 2.32. The Bertz CT molecular complexity index is 374. The molecule has 0 bridgehead atoms. The topological polar surface area (TPSA) is 40.5 Å². The van der Waals surface area contributed by atoms with Crippen LogP contribution in [0.3, 0.4) is 0 Å². The summed E-state index contributed by atoms with van der Waals surface area (Å²) in [5.74, 6) is -0.377. The summed E-state index contributed by atoms with van der Waals surface area (Å²) in [4.78, 5) is 0. The highest BCUT2D eigenvalue weighted by Crippen LogP contribution is 2.39. The van der Waals surface area contributed by atoms with Gasteiger partial charge in [0.2, 0.25) is 0 Å². The van der Waals surface area contributed by atoms with Crippen molar-refractivity contribution in [1.29, 1.82) is 0 Å². The monoisotopic (exact) mass is 284 g/mol. The van der Waals surface area contributed by atoms with E-state index < -0.39 is 17.8 Å². The summed E-state index contributed by atoms with van der Waals surface area (Å²) in [5, 5.41) is 18.6. The van der Waals surface area contributed by atoms with Crippen molar-refractivity contribution >= 4 is 15.9 Å². The minimum Gasteiger partial charge on any atom is -0.506 e. The number of aromatic hydroxyl groups is 1. The first-order chi connectivity index (χ1) is 6.73. The van der Waals surface area contributed by atoms with Crippen LogP contribution in [0, 0.1) is 0 Å². The Kier molecular flexibility index (Phi) is 3.30. The van der Waals surface area contributed by atoms with Crippen LogP contribution in [0.1, 0.15) is 24.2 Å². The van der Waals surface area contributed by atoms with Gasteiger partial charge in [-0.1, -0.05) is 0 Å². The van der Waals surface area contributed by atoms with Crippen molar-refractivity contribution in [2.45, 2.75) is 19.2 Å². The van der Waals surface area contributed by atoms with Crippen LogP contribution < -0.4 is 0 Å². The molecule has 2 nitrogen and oxygen atoms in total. The second-order valence-corrected chi connectivity index (χ2v) is 3.92. The van der Waals surface area contributed by atoms with E-state index in [9.17, 15) is 23.4 Å². The molecule has 0 amide bonds. The highest BCUT2D eigenvalue weighted by molar-refractivity contribution is 9.10. The van der Waals surface area contributed by atoms with E-state index in [-0.39, 0.29) is 15.8 Å². The molecule has 6 heteroatoms. The summed E-state index contributed by atoms with van der Waals surface area (Å²) < 4.78 is 37.0. The van der Waals surface area contributed by atoms with Crippen LogP contribution in [0.15, 0.2) is 16.6 Å². The van der Waals surface area contributed by atoms with E-state index in [0.29, 0.717) is 0 Å². The van der Waals surface area contributed by atoms with Gasteiger partial charge in [0.25, 0.3) is 0 Å². The van der Waals surface area contributed by atoms with E-state index in [4.69, 9.17) is 0 Å². The van der Waals surface area contributed by atoms with Crippen molar-refractivity contribution in [2.75, 3.05) is 0 Å². The van der Waals surface area contributed by atoms with Gasteiger partial charge in [-0.2, -0.15) is 13.2 Å². The van der Waals surface area contributed by atoms with Crippen LogP contribution in [-0.4, -0.2) is 10.2 Å². The molecule has 2 N–H and O–H groups in total. The normalized spacial score (nSPS) is 14.0. The number of phenolic OH excluding ortho intramolecular Hbond substituents is 1. The van der Waals surface area contributed by atoms with Crippen molar-refractivity contribution in [3.63, 3.8) is 0 Å². The van der Waals surface area contributed by atoms with Gasteiger partial charge in [-0.05, 0) is 35.0 Å². The number of benzene rings is 1. The van der Waals surface area contributed by atoms with Crippen molar-refractivity contribution in [1.82, 2.24) is 0 Å². The summed E-state index contributed by atoms with van der Waals surface area (Å²) in [6, 6.07) is 1.49. The Labute approximate surface area is 92.5 Å². The summed E-state index contributed by atoms with van der Waals surface area (Å²) in [6.45, 7) is 1.28. The van der Waals surface area contributed by atoms with Crippen molar-refractivity contribution in [3.05, 3.63) is 27.7 Å². The number of aliphatic hydroxyl groups excluding tert-OH is 1. The zero-order valence-corrected chi connectivity index (χ0v) is 9.22. The third-order valence-electron chi connectivity index (χ3n) is 1.87. The van der Waals surface area contributed by atoms with Gasteiger partial charge >= 0.3 is 6.18 Å². The molecule has 0 saturated heterocycles. The smallest absolute Gasteiger partial charge is 0.416 e. The first-order valence-corrected chi connectivity index (χ1v) is 4.80. The first kappa shape index (κ1) is 12.3. The van der Waals surface area contributed by atoms with E-state index in [1.807, 2.05) is 0 Å². The minimum absolute atomic E-state index is 0.0896. The lowest BCUT2D eigenvalue weighted by Crippen LogP contribution is -2.06. The first-order valence-electron chi connectivity index (χ1n) is 4.01. The molecule has 0 spiro atoms. The number of phenols is 1. The number of hydrogen-bond donors (Lipinski definition) is 2. The Hall–Kier alpha value is -0.750. The quantitative estimate of drug-likeness (QED) is 0.831. The van der Waals surface area contributed by atoms with Gasteiger partial charge in [0.05, 0.1) is 16.1 Å².